The van der Waals surface area contributed by atoms with Crippen molar-refractivity contribution in [2.75, 3.05) is 6.54 Å². The van der Waals surface area contributed by atoms with Gasteiger partial charge in [-0.25, -0.2) is 8.78 Å². The highest BCUT2D eigenvalue weighted by Crippen LogP contribution is 2.23. The van der Waals surface area contributed by atoms with Gasteiger partial charge in [0.05, 0.1) is 16.6 Å². The molecule has 0 aromatic heterocycles. The zero-order chi connectivity index (χ0) is 10.0. The molecule has 1 rings (SSSR count). The third kappa shape index (κ3) is 1.92. The van der Waals surface area contributed by atoms with E-state index in [2.05, 4.69) is 15.9 Å². The third-order valence-corrected chi connectivity index (χ3v) is 2.28. The van der Waals surface area contributed by atoms with E-state index in [-0.39, 0.29) is 16.6 Å². The maximum atomic E-state index is 13.0. The molecule has 2 N–H and O–H groups in total. The zero-order valence-corrected chi connectivity index (χ0v) is 8.07. The zero-order valence-electron chi connectivity index (χ0n) is 6.48. The Balaban J connectivity index is 3.33. The van der Waals surface area contributed by atoms with E-state index in [0.29, 0.717) is 0 Å². The summed E-state index contributed by atoms with van der Waals surface area (Å²) in [5.41, 5.74) is 4.70. The maximum absolute atomic E-state index is 13.0. The van der Waals surface area contributed by atoms with Crippen LogP contribution in [0.15, 0.2) is 16.6 Å². The molecule has 0 aliphatic heterocycles. The Morgan fingerprint density at radius 1 is 1.38 bits per heavy atom. The fourth-order valence-electron chi connectivity index (χ4n) is 0.885. The Kier molecular flexibility index (Phi) is 3.11. The van der Waals surface area contributed by atoms with Gasteiger partial charge in [-0.3, -0.25) is 4.79 Å². The number of hydrogen-bond acceptors (Lipinski definition) is 2. The van der Waals surface area contributed by atoms with Crippen LogP contribution in [0.25, 0.3) is 0 Å². The van der Waals surface area contributed by atoms with Gasteiger partial charge in [-0.1, -0.05) is 0 Å². The first-order chi connectivity index (χ1) is 6.07. The number of hydrogen-bond donors (Lipinski definition) is 1. The first-order valence-corrected chi connectivity index (χ1v) is 4.24. The highest BCUT2D eigenvalue weighted by atomic mass is 79.9. The van der Waals surface area contributed by atoms with Crippen LogP contribution in [0.4, 0.5) is 8.78 Å². The molecule has 0 aliphatic rings. The largest absolute Gasteiger partial charge is 0.324 e. The molecule has 0 saturated carbocycles. The van der Waals surface area contributed by atoms with Crippen molar-refractivity contribution in [2.24, 2.45) is 5.73 Å². The normalized spacial score (nSPS) is 10.2. The first kappa shape index (κ1) is 10.3. The topological polar surface area (TPSA) is 43.1 Å². The van der Waals surface area contributed by atoms with Crippen LogP contribution in [-0.4, -0.2) is 12.3 Å². The lowest BCUT2D eigenvalue weighted by Crippen LogP contribution is -2.16. The molecule has 0 amide bonds. The van der Waals surface area contributed by atoms with Gasteiger partial charge in [-0.05, 0) is 28.1 Å². The van der Waals surface area contributed by atoms with E-state index >= 15 is 0 Å². The van der Waals surface area contributed by atoms with Crippen LogP contribution in [0.3, 0.4) is 0 Å². The van der Waals surface area contributed by atoms with E-state index in [1.807, 2.05) is 0 Å². The van der Waals surface area contributed by atoms with Crippen molar-refractivity contribution in [3.63, 3.8) is 0 Å². The third-order valence-electron chi connectivity index (χ3n) is 1.51. The molecule has 0 radical (unpaired) electrons. The van der Waals surface area contributed by atoms with Crippen LogP contribution in [-0.2, 0) is 0 Å². The lowest BCUT2D eigenvalue weighted by Gasteiger charge is -2.03. The van der Waals surface area contributed by atoms with Crippen LogP contribution in [0.2, 0.25) is 0 Å². The lowest BCUT2D eigenvalue weighted by molar-refractivity contribution is 0.0996. The number of carbonyl (C=O) groups is 1. The summed E-state index contributed by atoms with van der Waals surface area (Å²) in [6.45, 7) is -0.348. The lowest BCUT2D eigenvalue weighted by atomic mass is 10.1. The number of halogens is 3. The van der Waals surface area contributed by atoms with Crippen LogP contribution in [0, 0.1) is 11.6 Å². The van der Waals surface area contributed by atoms with Crippen molar-refractivity contribution in [2.45, 2.75) is 0 Å². The van der Waals surface area contributed by atoms with Gasteiger partial charge >= 0.3 is 0 Å². The van der Waals surface area contributed by atoms with E-state index in [0.717, 1.165) is 12.1 Å². The monoisotopic (exact) mass is 249 g/mol. The number of carbonyl (C=O) groups excluding carboxylic acids is 1. The second-order valence-electron chi connectivity index (χ2n) is 2.35. The minimum Gasteiger partial charge on any atom is -0.324 e. The first-order valence-electron chi connectivity index (χ1n) is 3.44. The summed E-state index contributed by atoms with van der Waals surface area (Å²) in [4.78, 5) is 11.0. The highest BCUT2D eigenvalue weighted by Gasteiger charge is 2.16. The summed E-state index contributed by atoms with van der Waals surface area (Å²) in [5, 5.41) is 0. The van der Waals surface area contributed by atoms with Crippen molar-refractivity contribution in [3.05, 3.63) is 33.8 Å². The summed E-state index contributed by atoms with van der Waals surface area (Å²) in [6.07, 6.45) is 0. The average Bonchev–Trinajstić information content (AvgIpc) is 2.12. The predicted octanol–water partition coefficient (Wildman–Crippen LogP) is 1.87. The molecule has 0 saturated heterocycles. The Morgan fingerprint density at radius 2 is 1.92 bits per heavy atom. The van der Waals surface area contributed by atoms with Crippen LogP contribution < -0.4 is 5.73 Å². The van der Waals surface area contributed by atoms with Crippen LogP contribution >= 0.6 is 15.9 Å². The number of benzene rings is 1. The van der Waals surface area contributed by atoms with Gasteiger partial charge in [0.15, 0.2) is 5.78 Å². The molecule has 2 nitrogen and oxygen atoms in total. The molecule has 0 bridgehead atoms. The Bertz CT molecular complexity index is 354. The highest BCUT2D eigenvalue weighted by molar-refractivity contribution is 9.10. The van der Waals surface area contributed by atoms with E-state index in [4.69, 9.17) is 5.73 Å². The number of ketones is 1. The maximum Gasteiger partial charge on any atom is 0.180 e. The number of Topliss-reactive ketones (excluding diaryl/α,β-unsaturated/α-hetero) is 1. The molecule has 1 aromatic carbocycles. The van der Waals surface area contributed by atoms with Gasteiger partial charge in [0.2, 0.25) is 0 Å². The van der Waals surface area contributed by atoms with Gasteiger partial charge in [-0.15, -0.1) is 0 Å². The minimum atomic E-state index is -0.774. The molecule has 13 heavy (non-hydrogen) atoms. The number of nitrogens with two attached hydrogens (primary N) is 1. The number of rotatable bonds is 2. The predicted molar refractivity (Wildman–Crippen MR) is 47.4 cm³/mol. The van der Waals surface area contributed by atoms with E-state index in [1.165, 1.54) is 0 Å². The van der Waals surface area contributed by atoms with Crippen LogP contribution in [0.1, 0.15) is 10.4 Å². The second-order valence-corrected chi connectivity index (χ2v) is 3.14. The molecular formula is C8H6BrF2NO. The summed E-state index contributed by atoms with van der Waals surface area (Å²) in [7, 11) is 0. The smallest absolute Gasteiger partial charge is 0.180 e. The quantitative estimate of drug-likeness (QED) is 0.643. The SMILES string of the molecule is NCC(=O)c1c(F)ccc(F)c1Br. The van der Waals surface area contributed by atoms with Gasteiger partial charge in [0.25, 0.3) is 0 Å². The van der Waals surface area contributed by atoms with Crippen molar-refractivity contribution in [1.29, 1.82) is 0 Å². The molecule has 0 heterocycles. The standard InChI is InChI=1S/C8H6BrF2NO/c9-8-5(11)2-1-4(10)7(8)6(13)3-12/h1-2H,3,12H2. The van der Waals surface area contributed by atoms with Crippen molar-refractivity contribution in [3.8, 4) is 0 Å². The van der Waals surface area contributed by atoms with Gasteiger partial charge in [0, 0.05) is 0 Å². The van der Waals surface area contributed by atoms with Crippen molar-refractivity contribution >= 4 is 21.7 Å². The summed E-state index contributed by atoms with van der Waals surface area (Å²) in [6, 6.07) is 1.83. The Morgan fingerprint density at radius 3 is 2.46 bits per heavy atom. The average molecular weight is 250 g/mol. The molecule has 0 spiro atoms. The summed E-state index contributed by atoms with van der Waals surface area (Å²) >= 11 is 2.78. The van der Waals surface area contributed by atoms with Gasteiger partial charge in [0.1, 0.15) is 11.6 Å². The molecule has 0 fully saturated rings. The molecule has 5 heteroatoms. The minimum absolute atomic E-state index is 0.178. The van der Waals surface area contributed by atoms with E-state index in [9.17, 15) is 13.6 Å². The van der Waals surface area contributed by atoms with E-state index in [1.54, 1.807) is 0 Å². The van der Waals surface area contributed by atoms with Crippen LogP contribution in [0.5, 0.6) is 0 Å². The Labute approximate surface area is 81.9 Å². The second kappa shape index (κ2) is 3.93. The molecular weight excluding hydrogens is 244 g/mol. The Hall–Kier alpha value is -0.810. The summed E-state index contributed by atoms with van der Waals surface area (Å²) in [5.74, 6) is -2.09. The fourth-order valence-corrected chi connectivity index (χ4v) is 1.43. The van der Waals surface area contributed by atoms with Gasteiger partial charge in [-0.2, -0.15) is 0 Å². The fraction of sp³-hybridized carbons (Fsp3) is 0.125. The van der Waals surface area contributed by atoms with Crippen molar-refractivity contribution < 1.29 is 13.6 Å². The molecule has 0 atom stereocenters. The molecule has 70 valence electrons. The molecule has 1 aromatic rings. The molecule has 0 aliphatic carbocycles. The van der Waals surface area contributed by atoms with E-state index < -0.39 is 17.4 Å². The van der Waals surface area contributed by atoms with Gasteiger partial charge < -0.3 is 5.73 Å². The molecule has 0 unspecified atom stereocenters. The van der Waals surface area contributed by atoms with Crippen molar-refractivity contribution in [1.82, 2.24) is 0 Å². The summed E-state index contributed by atoms with van der Waals surface area (Å²) < 4.78 is 25.7.